The van der Waals surface area contributed by atoms with Gasteiger partial charge in [-0.3, -0.25) is 0 Å². The molecule has 21 heavy (non-hydrogen) atoms. The van der Waals surface area contributed by atoms with Crippen LogP contribution in [0.3, 0.4) is 0 Å². The number of carbonyl (C=O) groups excluding carboxylic acids is 1. The molecule has 0 aliphatic rings. The summed E-state index contributed by atoms with van der Waals surface area (Å²) in [6, 6.07) is 2.89. The monoisotopic (exact) mass is 293 g/mol. The first-order chi connectivity index (χ1) is 9.94. The minimum atomic E-state index is -1.28. The predicted octanol–water partition coefficient (Wildman–Crippen LogP) is 2.17. The van der Waals surface area contributed by atoms with E-state index < -0.39 is 11.6 Å². The van der Waals surface area contributed by atoms with Crippen LogP contribution in [-0.4, -0.2) is 22.8 Å². The first-order valence-corrected chi connectivity index (χ1v) is 6.70. The lowest BCUT2D eigenvalue weighted by molar-refractivity contribution is 0.0372. The molecule has 7 nitrogen and oxygen atoms in total. The normalized spacial score (nSPS) is 13.7. The fourth-order valence-electron chi connectivity index (χ4n) is 1.90. The van der Waals surface area contributed by atoms with Crippen molar-refractivity contribution in [3.63, 3.8) is 0 Å². The number of nitrogens with zero attached hydrogens (tertiary/aromatic N) is 1. The van der Waals surface area contributed by atoms with Crippen LogP contribution in [0.1, 0.15) is 31.1 Å². The van der Waals surface area contributed by atoms with Crippen molar-refractivity contribution < 1.29 is 18.8 Å². The fourth-order valence-corrected chi connectivity index (χ4v) is 1.90. The van der Waals surface area contributed by atoms with Crippen molar-refractivity contribution in [2.75, 3.05) is 11.9 Å². The van der Waals surface area contributed by atoms with E-state index in [1.54, 1.807) is 26.0 Å². The third-order valence-corrected chi connectivity index (χ3v) is 3.14. The summed E-state index contributed by atoms with van der Waals surface area (Å²) >= 11 is 0. The van der Waals surface area contributed by atoms with E-state index in [2.05, 4.69) is 15.8 Å². The first kappa shape index (κ1) is 15.1. The van der Waals surface area contributed by atoms with Gasteiger partial charge in [-0.2, -0.15) is 0 Å². The molecular formula is C14H19N3O4. The molecule has 2 aromatic heterocycles. The number of hydrogen-bond donors (Lipinski definition) is 3. The summed E-state index contributed by atoms with van der Waals surface area (Å²) in [4.78, 5) is 11.9. The maximum atomic E-state index is 11.9. The number of aliphatic hydroxyl groups is 1. The molecule has 0 spiro atoms. The standard InChI is InChI=1S/C14H19N3O4/c1-4-10-12(9(2)17-21-10)16-13(18)15-8-14(3,19)11-6-5-7-20-11/h5-7,19H,4,8H2,1-3H3,(H2,15,16,18). The molecule has 114 valence electrons. The van der Waals surface area contributed by atoms with Crippen molar-refractivity contribution in [1.29, 1.82) is 0 Å². The zero-order valence-corrected chi connectivity index (χ0v) is 12.3. The second kappa shape index (κ2) is 6.01. The van der Waals surface area contributed by atoms with Gasteiger partial charge in [0.15, 0.2) is 5.76 Å². The van der Waals surface area contributed by atoms with Gasteiger partial charge in [0.05, 0.1) is 12.8 Å². The van der Waals surface area contributed by atoms with Crippen molar-refractivity contribution >= 4 is 11.7 Å². The van der Waals surface area contributed by atoms with E-state index >= 15 is 0 Å². The summed E-state index contributed by atoms with van der Waals surface area (Å²) < 4.78 is 10.2. The summed E-state index contributed by atoms with van der Waals surface area (Å²) in [5, 5.41) is 19.3. The topological polar surface area (TPSA) is 101 Å². The number of aromatic nitrogens is 1. The van der Waals surface area contributed by atoms with Gasteiger partial charge < -0.3 is 24.7 Å². The lowest BCUT2D eigenvalue weighted by atomic mass is 10.0. The molecule has 1 atom stereocenters. The van der Waals surface area contributed by atoms with Crippen LogP contribution in [0, 0.1) is 6.92 Å². The van der Waals surface area contributed by atoms with E-state index in [0.29, 0.717) is 29.3 Å². The third kappa shape index (κ3) is 3.43. The number of aryl methyl sites for hydroxylation is 2. The second-order valence-electron chi connectivity index (χ2n) is 4.98. The second-order valence-corrected chi connectivity index (χ2v) is 4.98. The largest absolute Gasteiger partial charge is 0.466 e. The Morgan fingerprint density at radius 3 is 2.90 bits per heavy atom. The van der Waals surface area contributed by atoms with E-state index in [1.165, 1.54) is 6.26 Å². The van der Waals surface area contributed by atoms with Crippen LogP contribution in [0.15, 0.2) is 27.3 Å². The predicted molar refractivity (Wildman–Crippen MR) is 75.9 cm³/mol. The van der Waals surface area contributed by atoms with Crippen molar-refractivity contribution in [2.24, 2.45) is 0 Å². The van der Waals surface area contributed by atoms with Crippen molar-refractivity contribution in [2.45, 2.75) is 32.8 Å². The molecule has 0 saturated carbocycles. The van der Waals surface area contributed by atoms with Crippen LogP contribution in [0.2, 0.25) is 0 Å². The highest BCUT2D eigenvalue weighted by atomic mass is 16.5. The van der Waals surface area contributed by atoms with Gasteiger partial charge in [0.2, 0.25) is 0 Å². The summed E-state index contributed by atoms with van der Waals surface area (Å²) in [6.07, 6.45) is 2.10. The summed E-state index contributed by atoms with van der Waals surface area (Å²) in [5.74, 6) is 0.999. The Kier molecular flexibility index (Phi) is 4.32. The third-order valence-electron chi connectivity index (χ3n) is 3.14. The molecule has 7 heteroatoms. The summed E-state index contributed by atoms with van der Waals surface area (Å²) in [5.41, 5.74) is -0.106. The fraction of sp³-hybridized carbons (Fsp3) is 0.429. The number of urea groups is 1. The molecule has 0 aromatic carbocycles. The molecule has 0 bridgehead atoms. The molecular weight excluding hydrogens is 274 g/mol. The Bertz CT molecular complexity index is 602. The zero-order chi connectivity index (χ0) is 15.5. The number of amides is 2. The molecule has 0 aliphatic heterocycles. The summed E-state index contributed by atoms with van der Waals surface area (Å²) in [7, 11) is 0. The van der Waals surface area contributed by atoms with Gasteiger partial charge in [-0.15, -0.1) is 0 Å². The molecule has 2 heterocycles. The molecule has 1 unspecified atom stereocenters. The number of nitrogens with one attached hydrogen (secondary N) is 2. The Hall–Kier alpha value is -2.28. The van der Waals surface area contributed by atoms with Gasteiger partial charge in [0, 0.05) is 6.42 Å². The quantitative estimate of drug-likeness (QED) is 0.784. The van der Waals surface area contributed by atoms with E-state index in [0.717, 1.165) is 0 Å². The highest BCUT2D eigenvalue weighted by Gasteiger charge is 2.27. The Morgan fingerprint density at radius 2 is 2.29 bits per heavy atom. The van der Waals surface area contributed by atoms with E-state index in [4.69, 9.17) is 8.94 Å². The van der Waals surface area contributed by atoms with Crippen molar-refractivity contribution in [1.82, 2.24) is 10.5 Å². The van der Waals surface area contributed by atoms with E-state index in [9.17, 15) is 9.90 Å². The molecule has 3 N–H and O–H groups in total. The average molecular weight is 293 g/mol. The van der Waals surface area contributed by atoms with Crippen LogP contribution in [0.4, 0.5) is 10.5 Å². The maximum absolute atomic E-state index is 11.9. The molecule has 2 amide bonds. The molecule has 0 fully saturated rings. The lowest BCUT2D eigenvalue weighted by Gasteiger charge is -2.21. The zero-order valence-electron chi connectivity index (χ0n) is 12.3. The van der Waals surface area contributed by atoms with Gasteiger partial charge >= 0.3 is 6.03 Å². The van der Waals surface area contributed by atoms with Crippen LogP contribution >= 0.6 is 0 Å². The highest BCUT2D eigenvalue weighted by molar-refractivity contribution is 5.90. The van der Waals surface area contributed by atoms with Crippen LogP contribution < -0.4 is 10.6 Å². The summed E-state index contributed by atoms with van der Waals surface area (Å²) in [6.45, 7) is 5.23. The number of anilines is 1. The van der Waals surface area contributed by atoms with Gasteiger partial charge in [-0.25, -0.2) is 4.79 Å². The minimum Gasteiger partial charge on any atom is -0.466 e. The Labute approximate surface area is 122 Å². The molecule has 0 aliphatic carbocycles. The lowest BCUT2D eigenvalue weighted by Crippen LogP contribution is -2.40. The maximum Gasteiger partial charge on any atom is 0.319 e. The van der Waals surface area contributed by atoms with E-state index in [-0.39, 0.29) is 6.54 Å². The van der Waals surface area contributed by atoms with E-state index in [1.807, 2.05) is 6.92 Å². The Morgan fingerprint density at radius 1 is 1.52 bits per heavy atom. The number of carbonyl (C=O) groups is 1. The molecule has 0 radical (unpaired) electrons. The van der Waals surface area contributed by atoms with Crippen molar-refractivity contribution in [3.8, 4) is 0 Å². The van der Waals surface area contributed by atoms with Crippen LogP contribution in [0.5, 0.6) is 0 Å². The van der Waals surface area contributed by atoms with Gasteiger partial charge in [-0.05, 0) is 26.0 Å². The van der Waals surface area contributed by atoms with Gasteiger partial charge in [-0.1, -0.05) is 12.1 Å². The SMILES string of the molecule is CCc1onc(C)c1NC(=O)NCC(C)(O)c1ccco1. The molecule has 2 aromatic rings. The smallest absolute Gasteiger partial charge is 0.319 e. The minimum absolute atomic E-state index is 0.0120. The van der Waals surface area contributed by atoms with Gasteiger partial charge in [0.1, 0.15) is 22.7 Å². The van der Waals surface area contributed by atoms with Crippen LogP contribution in [0.25, 0.3) is 0 Å². The number of furan rings is 1. The first-order valence-electron chi connectivity index (χ1n) is 6.70. The van der Waals surface area contributed by atoms with Gasteiger partial charge in [0.25, 0.3) is 0 Å². The Balaban J connectivity index is 1.95. The highest BCUT2D eigenvalue weighted by Crippen LogP contribution is 2.21. The number of hydrogen-bond acceptors (Lipinski definition) is 5. The van der Waals surface area contributed by atoms with Crippen molar-refractivity contribution in [3.05, 3.63) is 35.6 Å². The average Bonchev–Trinajstić information content (AvgIpc) is 3.08. The van der Waals surface area contributed by atoms with Crippen LogP contribution in [-0.2, 0) is 12.0 Å². The molecule has 2 rings (SSSR count). The number of rotatable bonds is 5. The molecule has 0 saturated heterocycles.